The summed E-state index contributed by atoms with van der Waals surface area (Å²) in [6.07, 6.45) is 0. The normalized spacial score (nSPS) is 10.3. The highest BCUT2D eigenvalue weighted by Gasteiger charge is 2.01. The molecular formula is C11H9ClFNS. The molecule has 1 aromatic carbocycles. The molecule has 0 unspecified atom stereocenters. The second-order valence-electron chi connectivity index (χ2n) is 3.11. The van der Waals surface area contributed by atoms with Crippen molar-refractivity contribution in [3.63, 3.8) is 0 Å². The van der Waals surface area contributed by atoms with Gasteiger partial charge in [-0.2, -0.15) is 11.3 Å². The molecule has 0 aliphatic heterocycles. The van der Waals surface area contributed by atoms with Crippen LogP contribution in [0.3, 0.4) is 0 Å². The van der Waals surface area contributed by atoms with Crippen LogP contribution in [0.2, 0.25) is 5.02 Å². The summed E-state index contributed by atoms with van der Waals surface area (Å²) in [6.45, 7) is 0.659. The molecule has 0 fully saturated rings. The van der Waals surface area contributed by atoms with Crippen LogP contribution in [0.15, 0.2) is 35.0 Å². The number of thiophene rings is 1. The van der Waals surface area contributed by atoms with Crippen LogP contribution in [-0.4, -0.2) is 0 Å². The number of benzene rings is 1. The first-order valence-corrected chi connectivity index (χ1v) is 5.78. The smallest absolute Gasteiger partial charge is 0.125 e. The van der Waals surface area contributed by atoms with Crippen molar-refractivity contribution in [3.8, 4) is 0 Å². The van der Waals surface area contributed by atoms with E-state index < -0.39 is 0 Å². The third kappa shape index (κ3) is 2.70. The Hall–Kier alpha value is -1.06. The molecule has 2 aromatic rings. The van der Waals surface area contributed by atoms with Crippen molar-refractivity contribution in [3.05, 3.63) is 51.4 Å². The number of hydrogen-bond acceptors (Lipinski definition) is 2. The van der Waals surface area contributed by atoms with E-state index in [1.807, 2.05) is 16.8 Å². The Morgan fingerprint density at radius 1 is 1.33 bits per heavy atom. The molecule has 78 valence electrons. The van der Waals surface area contributed by atoms with Crippen molar-refractivity contribution in [2.75, 3.05) is 5.32 Å². The maximum Gasteiger partial charge on any atom is 0.125 e. The highest BCUT2D eigenvalue weighted by molar-refractivity contribution is 7.07. The van der Waals surface area contributed by atoms with E-state index in [2.05, 4.69) is 5.32 Å². The molecule has 0 amide bonds. The van der Waals surface area contributed by atoms with Crippen LogP contribution in [0.5, 0.6) is 0 Å². The lowest BCUT2D eigenvalue weighted by molar-refractivity contribution is 0.628. The molecular weight excluding hydrogens is 233 g/mol. The minimum Gasteiger partial charge on any atom is -0.380 e. The molecule has 1 nitrogen and oxygen atoms in total. The molecule has 15 heavy (non-hydrogen) atoms. The predicted molar refractivity (Wildman–Crippen MR) is 63.1 cm³/mol. The third-order valence-corrected chi connectivity index (χ3v) is 3.05. The molecule has 0 bridgehead atoms. The number of halogens is 2. The van der Waals surface area contributed by atoms with Crippen molar-refractivity contribution in [2.45, 2.75) is 6.54 Å². The second kappa shape index (κ2) is 4.64. The first-order chi connectivity index (χ1) is 7.25. The van der Waals surface area contributed by atoms with E-state index in [4.69, 9.17) is 11.6 Å². The van der Waals surface area contributed by atoms with Crippen LogP contribution in [-0.2, 0) is 6.54 Å². The minimum absolute atomic E-state index is 0.285. The molecule has 0 atom stereocenters. The third-order valence-electron chi connectivity index (χ3n) is 1.99. The van der Waals surface area contributed by atoms with Crippen molar-refractivity contribution in [1.29, 1.82) is 0 Å². The van der Waals surface area contributed by atoms with Crippen molar-refractivity contribution in [2.24, 2.45) is 0 Å². The summed E-state index contributed by atoms with van der Waals surface area (Å²) < 4.78 is 12.9. The van der Waals surface area contributed by atoms with E-state index in [1.54, 1.807) is 17.4 Å². The van der Waals surface area contributed by atoms with Crippen molar-refractivity contribution in [1.82, 2.24) is 0 Å². The molecule has 0 aliphatic rings. The molecule has 0 radical (unpaired) electrons. The monoisotopic (exact) mass is 241 g/mol. The van der Waals surface area contributed by atoms with Gasteiger partial charge in [0.2, 0.25) is 0 Å². The van der Waals surface area contributed by atoms with E-state index in [1.165, 1.54) is 17.7 Å². The van der Waals surface area contributed by atoms with Crippen molar-refractivity contribution < 1.29 is 4.39 Å². The standard InChI is InChI=1S/C11H9ClFNS/c12-10-2-1-9(13)5-11(10)14-6-8-3-4-15-7-8/h1-5,7,14H,6H2. The Morgan fingerprint density at radius 2 is 2.20 bits per heavy atom. The highest BCUT2D eigenvalue weighted by atomic mass is 35.5. The van der Waals surface area contributed by atoms with Crippen LogP contribution >= 0.6 is 22.9 Å². The topological polar surface area (TPSA) is 12.0 Å². The summed E-state index contributed by atoms with van der Waals surface area (Å²) in [7, 11) is 0. The zero-order valence-corrected chi connectivity index (χ0v) is 9.41. The van der Waals surface area contributed by atoms with E-state index in [9.17, 15) is 4.39 Å². The molecule has 1 aromatic heterocycles. The van der Waals surface area contributed by atoms with Gasteiger partial charge in [0.15, 0.2) is 0 Å². The van der Waals surface area contributed by atoms with E-state index >= 15 is 0 Å². The van der Waals surface area contributed by atoms with Crippen LogP contribution in [0.4, 0.5) is 10.1 Å². The Morgan fingerprint density at radius 3 is 2.93 bits per heavy atom. The number of anilines is 1. The van der Waals surface area contributed by atoms with Crippen LogP contribution in [0.1, 0.15) is 5.56 Å². The lowest BCUT2D eigenvalue weighted by Gasteiger charge is -2.07. The van der Waals surface area contributed by atoms with Gasteiger partial charge in [-0.15, -0.1) is 0 Å². The molecule has 4 heteroatoms. The van der Waals surface area contributed by atoms with E-state index in [0.717, 1.165) is 0 Å². The SMILES string of the molecule is Fc1ccc(Cl)c(NCc2ccsc2)c1. The molecule has 0 spiro atoms. The largest absolute Gasteiger partial charge is 0.380 e. The molecule has 0 saturated carbocycles. The predicted octanol–water partition coefficient (Wildman–Crippen LogP) is 4.15. The summed E-state index contributed by atoms with van der Waals surface area (Å²) in [5.74, 6) is -0.285. The van der Waals surface area contributed by atoms with E-state index in [-0.39, 0.29) is 5.82 Å². The van der Waals surface area contributed by atoms with Gasteiger partial charge in [-0.3, -0.25) is 0 Å². The molecule has 0 aliphatic carbocycles. The van der Waals surface area contributed by atoms with Gasteiger partial charge in [0.05, 0.1) is 10.7 Å². The molecule has 0 saturated heterocycles. The Balaban J connectivity index is 2.07. The van der Waals surface area contributed by atoms with Crippen LogP contribution in [0, 0.1) is 5.82 Å². The highest BCUT2D eigenvalue weighted by Crippen LogP contribution is 2.23. The number of hydrogen-bond donors (Lipinski definition) is 1. The van der Waals surface area contributed by atoms with Gasteiger partial charge in [-0.1, -0.05) is 11.6 Å². The fraction of sp³-hybridized carbons (Fsp3) is 0.0909. The Labute approximate surface area is 96.5 Å². The average molecular weight is 242 g/mol. The van der Waals surface area contributed by atoms with Gasteiger partial charge in [0.25, 0.3) is 0 Å². The maximum atomic E-state index is 12.9. The lowest BCUT2D eigenvalue weighted by atomic mass is 10.3. The van der Waals surface area contributed by atoms with Gasteiger partial charge in [-0.25, -0.2) is 4.39 Å². The van der Waals surface area contributed by atoms with E-state index in [0.29, 0.717) is 17.3 Å². The zero-order chi connectivity index (χ0) is 10.7. The Kier molecular flexibility index (Phi) is 3.23. The van der Waals surface area contributed by atoms with Gasteiger partial charge in [0.1, 0.15) is 5.82 Å². The fourth-order valence-corrected chi connectivity index (χ4v) is 2.08. The number of rotatable bonds is 3. The van der Waals surface area contributed by atoms with Crippen molar-refractivity contribution >= 4 is 28.6 Å². The summed E-state index contributed by atoms with van der Waals surface area (Å²) >= 11 is 7.54. The summed E-state index contributed by atoms with van der Waals surface area (Å²) in [5, 5.41) is 7.67. The van der Waals surface area contributed by atoms with Crippen LogP contribution < -0.4 is 5.32 Å². The summed E-state index contributed by atoms with van der Waals surface area (Å²) in [5.41, 5.74) is 1.79. The summed E-state index contributed by atoms with van der Waals surface area (Å²) in [6, 6.07) is 6.31. The molecule has 1 N–H and O–H groups in total. The molecule has 1 heterocycles. The van der Waals surface area contributed by atoms with Gasteiger partial charge in [-0.05, 0) is 40.6 Å². The van der Waals surface area contributed by atoms with Gasteiger partial charge in [0, 0.05) is 6.54 Å². The number of nitrogens with one attached hydrogen (secondary N) is 1. The second-order valence-corrected chi connectivity index (χ2v) is 4.30. The Bertz CT molecular complexity index is 442. The van der Waals surface area contributed by atoms with Crippen LogP contribution in [0.25, 0.3) is 0 Å². The minimum atomic E-state index is -0.285. The van der Waals surface area contributed by atoms with Gasteiger partial charge < -0.3 is 5.32 Å². The molecule has 2 rings (SSSR count). The first kappa shape index (κ1) is 10.5. The maximum absolute atomic E-state index is 12.9. The quantitative estimate of drug-likeness (QED) is 0.851. The zero-order valence-electron chi connectivity index (χ0n) is 7.84. The summed E-state index contributed by atoms with van der Waals surface area (Å²) in [4.78, 5) is 0. The van der Waals surface area contributed by atoms with Gasteiger partial charge >= 0.3 is 0 Å². The first-order valence-electron chi connectivity index (χ1n) is 4.46. The lowest BCUT2D eigenvalue weighted by Crippen LogP contribution is -1.98. The average Bonchev–Trinajstić information content (AvgIpc) is 2.72. The fourth-order valence-electron chi connectivity index (χ4n) is 1.22.